The molecular weight excluding hydrogens is 162 g/mol. The maximum absolute atomic E-state index is 8.63. The van der Waals surface area contributed by atoms with Crippen LogP contribution in [-0.4, -0.2) is 18.3 Å². The van der Waals surface area contributed by atoms with E-state index in [9.17, 15) is 0 Å². The van der Waals surface area contributed by atoms with Crippen molar-refractivity contribution in [1.82, 2.24) is 0 Å². The number of aliphatic hydroxyl groups is 1. The summed E-state index contributed by atoms with van der Waals surface area (Å²) < 4.78 is 0. The number of para-hydroxylation sites is 1. The van der Waals surface area contributed by atoms with E-state index in [1.807, 2.05) is 37.3 Å². The second-order valence-electron chi connectivity index (χ2n) is 2.95. The first-order valence-electron chi connectivity index (χ1n) is 4.38. The largest absolute Gasteiger partial charge is 0.392 e. The molecule has 0 saturated carbocycles. The summed E-state index contributed by atoms with van der Waals surface area (Å²) >= 11 is 0. The highest BCUT2D eigenvalue weighted by atomic mass is 16.2. The SMILES string of the molecule is C/C(=C/CO)CNc1ccccc1. The Kier molecular flexibility index (Phi) is 4.06. The zero-order valence-electron chi connectivity index (χ0n) is 7.83. The Balaban J connectivity index is 2.39. The number of anilines is 1. The molecule has 1 aromatic carbocycles. The molecule has 0 fully saturated rings. The summed E-state index contributed by atoms with van der Waals surface area (Å²) in [5.41, 5.74) is 2.25. The smallest absolute Gasteiger partial charge is 0.0615 e. The van der Waals surface area contributed by atoms with Gasteiger partial charge in [0.1, 0.15) is 0 Å². The van der Waals surface area contributed by atoms with Crippen LogP contribution < -0.4 is 5.32 Å². The number of rotatable bonds is 4. The Morgan fingerprint density at radius 2 is 2.08 bits per heavy atom. The molecule has 1 aromatic rings. The first-order valence-corrected chi connectivity index (χ1v) is 4.38. The molecule has 0 spiro atoms. The molecule has 0 amide bonds. The normalized spacial score (nSPS) is 11.4. The molecule has 1 rings (SSSR count). The molecule has 0 saturated heterocycles. The van der Waals surface area contributed by atoms with Crippen LogP contribution in [0.1, 0.15) is 6.92 Å². The molecule has 0 radical (unpaired) electrons. The van der Waals surface area contributed by atoms with E-state index in [-0.39, 0.29) is 6.61 Å². The number of hydrogen-bond acceptors (Lipinski definition) is 2. The summed E-state index contributed by atoms with van der Waals surface area (Å²) in [6, 6.07) is 10.0. The maximum atomic E-state index is 8.63. The van der Waals surface area contributed by atoms with E-state index < -0.39 is 0 Å². The zero-order chi connectivity index (χ0) is 9.52. The fourth-order valence-corrected chi connectivity index (χ4v) is 1.03. The highest BCUT2D eigenvalue weighted by Gasteiger charge is 1.89. The Hall–Kier alpha value is -1.28. The first-order chi connectivity index (χ1) is 6.33. The molecule has 13 heavy (non-hydrogen) atoms. The van der Waals surface area contributed by atoms with E-state index in [0.717, 1.165) is 17.8 Å². The highest BCUT2D eigenvalue weighted by molar-refractivity contribution is 5.43. The lowest BCUT2D eigenvalue weighted by atomic mass is 10.2. The quantitative estimate of drug-likeness (QED) is 0.690. The molecule has 0 atom stereocenters. The molecule has 0 aromatic heterocycles. The van der Waals surface area contributed by atoms with Crippen LogP contribution >= 0.6 is 0 Å². The van der Waals surface area contributed by atoms with Crippen molar-refractivity contribution < 1.29 is 5.11 Å². The van der Waals surface area contributed by atoms with Crippen LogP contribution in [0, 0.1) is 0 Å². The Bertz CT molecular complexity index is 267. The number of nitrogens with one attached hydrogen (secondary N) is 1. The Labute approximate surface area is 78.9 Å². The van der Waals surface area contributed by atoms with Gasteiger partial charge in [0.15, 0.2) is 0 Å². The van der Waals surface area contributed by atoms with Crippen molar-refractivity contribution in [2.45, 2.75) is 6.92 Å². The van der Waals surface area contributed by atoms with E-state index in [0.29, 0.717) is 0 Å². The zero-order valence-corrected chi connectivity index (χ0v) is 7.83. The summed E-state index contributed by atoms with van der Waals surface area (Å²) in [5.74, 6) is 0. The van der Waals surface area contributed by atoms with Crippen LogP contribution in [0.3, 0.4) is 0 Å². The Morgan fingerprint density at radius 1 is 1.38 bits per heavy atom. The molecule has 0 heterocycles. The Morgan fingerprint density at radius 3 is 2.69 bits per heavy atom. The van der Waals surface area contributed by atoms with Crippen LogP contribution in [0.2, 0.25) is 0 Å². The van der Waals surface area contributed by atoms with Gasteiger partial charge in [-0.25, -0.2) is 0 Å². The molecule has 0 unspecified atom stereocenters. The van der Waals surface area contributed by atoms with E-state index >= 15 is 0 Å². The maximum Gasteiger partial charge on any atom is 0.0615 e. The van der Waals surface area contributed by atoms with E-state index in [2.05, 4.69) is 5.32 Å². The van der Waals surface area contributed by atoms with Gasteiger partial charge in [-0.3, -0.25) is 0 Å². The van der Waals surface area contributed by atoms with Gasteiger partial charge in [0.25, 0.3) is 0 Å². The van der Waals surface area contributed by atoms with Gasteiger partial charge in [0, 0.05) is 12.2 Å². The fourth-order valence-electron chi connectivity index (χ4n) is 1.03. The summed E-state index contributed by atoms with van der Waals surface area (Å²) in [5, 5.41) is 11.9. The lowest BCUT2D eigenvalue weighted by Crippen LogP contribution is -2.02. The van der Waals surface area contributed by atoms with Crippen LogP contribution in [0.25, 0.3) is 0 Å². The van der Waals surface area contributed by atoms with Crippen molar-refractivity contribution in [3.05, 3.63) is 42.0 Å². The fraction of sp³-hybridized carbons (Fsp3) is 0.273. The topological polar surface area (TPSA) is 32.3 Å². The lowest BCUT2D eigenvalue weighted by molar-refractivity contribution is 0.341. The third kappa shape index (κ3) is 3.76. The number of benzene rings is 1. The monoisotopic (exact) mass is 177 g/mol. The number of aliphatic hydroxyl groups excluding tert-OH is 1. The standard InChI is InChI=1S/C11H15NO/c1-10(7-8-13)9-12-11-5-3-2-4-6-11/h2-7,12-13H,8-9H2,1H3/b10-7-. The second kappa shape index (κ2) is 5.38. The molecule has 70 valence electrons. The van der Waals surface area contributed by atoms with E-state index in [4.69, 9.17) is 5.11 Å². The molecule has 2 heteroatoms. The summed E-state index contributed by atoms with van der Waals surface area (Å²) in [7, 11) is 0. The summed E-state index contributed by atoms with van der Waals surface area (Å²) in [6.45, 7) is 2.89. The van der Waals surface area contributed by atoms with Gasteiger partial charge in [-0.2, -0.15) is 0 Å². The van der Waals surface area contributed by atoms with Crippen molar-refractivity contribution >= 4 is 5.69 Å². The molecule has 0 aliphatic rings. The minimum Gasteiger partial charge on any atom is -0.392 e. The lowest BCUT2D eigenvalue weighted by Gasteiger charge is -2.05. The molecule has 2 N–H and O–H groups in total. The summed E-state index contributed by atoms with van der Waals surface area (Å²) in [6.07, 6.45) is 1.80. The van der Waals surface area contributed by atoms with Crippen LogP contribution in [0.15, 0.2) is 42.0 Å². The van der Waals surface area contributed by atoms with Gasteiger partial charge in [-0.1, -0.05) is 29.8 Å². The van der Waals surface area contributed by atoms with Crippen molar-refractivity contribution in [3.8, 4) is 0 Å². The average Bonchev–Trinajstić information content (AvgIpc) is 2.17. The van der Waals surface area contributed by atoms with Crippen LogP contribution in [0.5, 0.6) is 0 Å². The van der Waals surface area contributed by atoms with Gasteiger partial charge < -0.3 is 10.4 Å². The van der Waals surface area contributed by atoms with Gasteiger partial charge in [0.2, 0.25) is 0 Å². The third-order valence-electron chi connectivity index (χ3n) is 1.78. The minimum atomic E-state index is 0.113. The van der Waals surface area contributed by atoms with E-state index in [1.54, 1.807) is 6.08 Å². The highest BCUT2D eigenvalue weighted by Crippen LogP contribution is 2.05. The molecular formula is C11H15NO. The van der Waals surface area contributed by atoms with Crippen LogP contribution in [0.4, 0.5) is 5.69 Å². The van der Waals surface area contributed by atoms with Crippen molar-refractivity contribution in [2.75, 3.05) is 18.5 Å². The molecule has 0 bridgehead atoms. The molecule has 2 nitrogen and oxygen atoms in total. The average molecular weight is 177 g/mol. The van der Waals surface area contributed by atoms with Crippen molar-refractivity contribution in [2.24, 2.45) is 0 Å². The van der Waals surface area contributed by atoms with Crippen molar-refractivity contribution in [1.29, 1.82) is 0 Å². The first kappa shape index (κ1) is 9.81. The predicted octanol–water partition coefficient (Wildman–Crippen LogP) is 2.04. The van der Waals surface area contributed by atoms with Gasteiger partial charge in [0.05, 0.1) is 6.61 Å². The predicted molar refractivity (Wildman–Crippen MR) is 55.8 cm³/mol. The second-order valence-corrected chi connectivity index (χ2v) is 2.95. The molecule has 0 aliphatic heterocycles. The minimum absolute atomic E-state index is 0.113. The molecule has 0 aliphatic carbocycles. The van der Waals surface area contributed by atoms with Crippen molar-refractivity contribution in [3.63, 3.8) is 0 Å². The van der Waals surface area contributed by atoms with Gasteiger partial charge >= 0.3 is 0 Å². The summed E-state index contributed by atoms with van der Waals surface area (Å²) in [4.78, 5) is 0. The third-order valence-corrected chi connectivity index (χ3v) is 1.78. The van der Waals surface area contributed by atoms with Crippen LogP contribution in [-0.2, 0) is 0 Å². The van der Waals surface area contributed by atoms with Gasteiger partial charge in [-0.15, -0.1) is 0 Å². The van der Waals surface area contributed by atoms with E-state index in [1.165, 1.54) is 0 Å². The van der Waals surface area contributed by atoms with Gasteiger partial charge in [-0.05, 0) is 19.1 Å². The number of hydrogen-bond donors (Lipinski definition) is 2.